The summed E-state index contributed by atoms with van der Waals surface area (Å²) in [6.07, 6.45) is 2.03. The molecule has 0 spiro atoms. The predicted octanol–water partition coefficient (Wildman–Crippen LogP) is 5.46. The van der Waals surface area contributed by atoms with E-state index in [1.165, 1.54) is 0 Å². The Bertz CT molecular complexity index is 396. The Kier molecular flexibility index (Phi) is 11.1. The van der Waals surface area contributed by atoms with Crippen LogP contribution in [0.4, 0.5) is 0 Å². The largest absolute Gasteiger partial charge is 0.390 e. The summed E-state index contributed by atoms with van der Waals surface area (Å²) in [6.45, 7) is 25.3. The highest BCUT2D eigenvalue weighted by atomic mass is 16.5. The Labute approximate surface area is 169 Å². The normalized spacial score (nSPS) is 17.2. The van der Waals surface area contributed by atoms with Crippen LogP contribution in [0.2, 0.25) is 0 Å². The second-order valence-electron chi connectivity index (χ2n) is 10.3. The summed E-state index contributed by atoms with van der Waals surface area (Å²) < 4.78 is 18.1. The molecule has 0 fully saturated rings. The molecule has 0 aliphatic heterocycles. The number of rotatable bonds is 14. The van der Waals surface area contributed by atoms with Crippen LogP contribution in [0.1, 0.15) is 89.0 Å². The van der Waals surface area contributed by atoms with Crippen molar-refractivity contribution in [3.05, 3.63) is 0 Å². The minimum atomic E-state index is -0.674. The first-order chi connectivity index (χ1) is 12.1. The van der Waals surface area contributed by atoms with E-state index < -0.39 is 5.60 Å². The maximum Gasteiger partial charge on any atom is 0.0678 e. The molecular weight excluding hydrogens is 340 g/mol. The molecule has 0 aromatic heterocycles. The van der Waals surface area contributed by atoms with Crippen molar-refractivity contribution >= 4 is 0 Å². The molecule has 4 heteroatoms. The third kappa shape index (κ3) is 10.8. The number of hydrogen-bond acceptors (Lipinski definition) is 4. The Morgan fingerprint density at radius 2 is 1.30 bits per heavy atom. The molecule has 1 N–H and O–H groups in total. The van der Waals surface area contributed by atoms with E-state index >= 15 is 0 Å². The lowest BCUT2D eigenvalue weighted by Crippen LogP contribution is -2.44. The van der Waals surface area contributed by atoms with E-state index in [1.807, 2.05) is 13.8 Å². The average molecular weight is 389 g/mol. The van der Waals surface area contributed by atoms with E-state index in [2.05, 4.69) is 62.3 Å². The molecule has 0 aromatic rings. The first kappa shape index (κ1) is 26.8. The molecule has 3 atom stereocenters. The Hall–Kier alpha value is -0.160. The SMILES string of the molecule is CC(C)OCCC(C)(C)C(C)(C)OCC(C)C(C)C(C)OCCC(C)(C)O. The van der Waals surface area contributed by atoms with Gasteiger partial charge in [-0.25, -0.2) is 0 Å². The third-order valence-electron chi connectivity index (χ3n) is 6.25. The van der Waals surface area contributed by atoms with Gasteiger partial charge in [0.1, 0.15) is 0 Å². The topological polar surface area (TPSA) is 47.9 Å². The fourth-order valence-corrected chi connectivity index (χ4v) is 2.65. The fourth-order valence-electron chi connectivity index (χ4n) is 2.65. The summed E-state index contributed by atoms with van der Waals surface area (Å²) >= 11 is 0. The maximum atomic E-state index is 9.81. The standard InChI is InChI=1S/C23H48O4/c1-17(2)25-14-12-21(6,7)23(10,11)27-16-18(3)19(4)20(5)26-15-13-22(8,9)24/h17-20,24H,12-16H2,1-11H3. The first-order valence-corrected chi connectivity index (χ1v) is 10.7. The summed E-state index contributed by atoms with van der Waals surface area (Å²) in [6, 6.07) is 0. The summed E-state index contributed by atoms with van der Waals surface area (Å²) in [5.41, 5.74) is -0.876. The van der Waals surface area contributed by atoms with Crippen LogP contribution in [0, 0.1) is 17.3 Å². The Morgan fingerprint density at radius 1 is 0.778 bits per heavy atom. The van der Waals surface area contributed by atoms with E-state index in [0.717, 1.165) is 13.0 Å². The van der Waals surface area contributed by atoms with Crippen LogP contribution < -0.4 is 0 Å². The summed E-state index contributed by atoms with van der Waals surface area (Å²) in [7, 11) is 0. The van der Waals surface area contributed by atoms with Crippen LogP contribution >= 0.6 is 0 Å². The molecule has 0 heterocycles. The van der Waals surface area contributed by atoms with Gasteiger partial charge in [-0.05, 0) is 78.6 Å². The highest BCUT2D eigenvalue weighted by molar-refractivity contribution is 4.88. The predicted molar refractivity (Wildman–Crippen MR) is 114 cm³/mol. The van der Waals surface area contributed by atoms with Crippen LogP contribution in [0.5, 0.6) is 0 Å². The van der Waals surface area contributed by atoms with Gasteiger partial charge in [0.2, 0.25) is 0 Å². The Balaban J connectivity index is 4.47. The van der Waals surface area contributed by atoms with Crippen LogP contribution in [0.15, 0.2) is 0 Å². The van der Waals surface area contributed by atoms with Crippen molar-refractivity contribution in [1.82, 2.24) is 0 Å². The van der Waals surface area contributed by atoms with Gasteiger partial charge in [0.15, 0.2) is 0 Å². The van der Waals surface area contributed by atoms with Gasteiger partial charge in [-0.2, -0.15) is 0 Å². The second kappa shape index (κ2) is 11.1. The molecule has 0 amide bonds. The highest BCUT2D eigenvalue weighted by Crippen LogP contribution is 2.38. The molecule has 0 radical (unpaired) electrons. The summed E-state index contributed by atoms with van der Waals surface area (Å²) in [4.78, 5) is 0. The van der Waals surface area contributed by atoms with Gasteiger partial charge in [0.25, 0.3) is 0 Å². The third-order valence-corrected chi connectivity index (χ3v) is 6.25. The molecule has 0 saturated carbocycles. The van der Waals surface area contributed by atoms with E-state index in [1.54, 1.807) is 0 Å². The van der Waals surface area contributed by atoms with Gasteiger partial charge in [-0.3, -0.25) is 0 Å². The molecule has 0 aliphatic carbocycles. The highest BCUT2D eigenvalue weighted by Gasteiger charge is 2.38. The van der Waals surface area contributed by atoms with Crippen LogP contribution in [-0.2, 0) is 14.2 Å². The number of ether oxygens (including phenoxy) is 3. The minimum absolute atomic E-state index is 0.0275. The molecule has 0 bridgehead atoms. The quantitative estimate of drug-likeness (QED) is 0.429. The Morgan fingerprint density at radius 3 is 1.78 bits per heavy atom. The van der Waals surface area contributed by atoms with Crippen molar-refractivity contribution in [3.8, 4) is 0 Å². The lowest BCUT2D eigenvalue weighted by Gasteiger charge is -2.43. The lowest BCUT2D eigenvalue weighted by atomic mass is 9.74. The first-order valence-electron chi connectivity index (χ1n) is 10.7. The van der Waals surface area contributed by atoms with Crippen molar-refractivity contribution in [2.75, 3.05) is 19.8 Å². The van der Waals surface area contributed by atoms with E-state index in [9.17, 15) is 5.11 Å². The van der Waals surface area contributed by atoms with E-state index in [0.29, 0.717) is 31.5 Å². The molecule has 0 rings (SSSR count). The van der Waals surface area contributed by atoms with Crippen molar-refractivity contribution in [2.45, 2.75) is 112 Å². The molecule has 164 valence electrons. The fraction of sp³-hybridized carbons (Fsp3) is 1.00. The van der Waals surface area contributed by atoms with Crippen LogP contribution in [0.3, 0.4) is 0 Å². The van der Waals surface area contributed by atoms with E-state index in [4.69, 9.17) is 14.2 Å². The van der Waals surface area contributed by atoms with Gasteiger partial charge in [-0.1, -0.05) is 27.7 Å². The monoisotopic (exact) mass is 388 g/mol. The summed E-state index contributed by atoms with van der Waals surface area (Å²) in [5.74, 6) is 0.777. The molecule has 4 nitrogen and oxygen atoms in total. The van der Waals surface area contributed by atoms with Gasteiger partial charge >= 0.3 is 0 Å². The van der Waals surface area contributed by atoms with Crippen molar-refractivity contribution < 1.29 is 19.3 Å². The van der Waals surface area contributed by atoms with Gasteiger partial charge in [0.05, 0.1) is 30.0 Å². The second-order valence-corrected chi connectivity index (χ2v) is 10.3. The van der Waals surface area contributed by atoms with Crippen LogP contribution in [0.25, 0.3) is 0 Å². The zero-order valence-corrected chi connectivity index (χ0v) is 20.0. The molecule has 0 aromatic carbocycles. The van der Waals surface area contributed by atoms with Crippen molar-refractivity contribution in [2.24, 2.45) is 17.3 Å². The van der Waals surface area contributed by atoms with Crippen molar-refractivity contribution in [3.63, 3.8) is 0 Å². The molecule has 0 saturated heterocycles. The lowest BCUT2D eigenvalue weighted by molar-refractivity contribution is -0.126. The molecular formula is C23H48O4. The van der Waals surface area contributed by atoms with Crippen LogP contribution in [-0.4, -0.2) is 48.3 Å². The van der Waals surface area contributed by atoms with E-state index in [-0.39, 0.29) is 23.2 Å². The maximum absolute atomic E-state index is 9.81. The minimum Gasteiger partial charge on any atom is -0.390 e. The number of aliphatic hydroxyl groups is 1. The number of hydrogen-bond donors (Lipinski definition) is 1. The smallest absolute Gasteiger partial charge is 0.0678 e. The molecule has 27 heavy (non-hydrogen) atoms. The summed E-state index contributed by atoms with van der Waals surface area (Å²) in [5, 5.41) is 9.81. The zero-order chi connectivity index (χ0) is 21.5. The van der Waals surface area contributed by atoms with Gasteiger partial charge < -0.3 is 19.3 Å². The van der Waals surface area contributed by atoms with Crippen molar-refractivity contribution in [1.29, 1.82) is 0 Å². The molecule has 0 aliphatic rings. The van der Waals surface area contributed by atoms with Gasteiger partial charge in [0, 0.05) is 13.2 Å². The van der Waals surface area contributed by atoms with Gasteiger partial charge in [-0.15, -0.1) is 0 Å². The molecule has 3 unspecified atom stereocenters. The zero-order valence-electron chi connectivity index (χ0n) is 20.0. The average Bonchev–Trinajstić information content (AvgIpc) is 2.49.